The molecule has 1 heterocycles. The fourth-order valence-electron chi connectivity index (χ4n) is 1.49. The minimum Gasteiger partial charge on any atom is -0.224 e. The van der Waals surface area contributed by atoms with Crippen LogP contribution in [-0.2, 0) is 12.4 Å². The molecule has 0 aliphatic carbocycles. The summed E-state index contributed by atoms with van der Waals surface area (Å²) in [6.07, 6.45) is -10.2. The maximum atomic E-state index is 12.7. The van der Waals surface area contributed by atoms with Crippen molar-refractivity contribution in [2.45, 2.75) is 12.4 Å². The second kappa shape index (κ2) is 4.97. The summed E-state index contributed by atoms with van der Waals surface area (Å²) in [5.41, 5.74) is -2.40. The van der Waals surface area contributed by atoms with E-state index < -0.39 is 35.4 Å². The number of hydrogen-bond donors (Lipinski definition) is 0. The number of aromatic nitrogens is 2. The number of hydrogen-bond acceptors (Lipinski definition) is 2. The zero-order chi connectivity index (χ0) is 15.8. The summed E-state index contributed by atoms with van der Waals surface area (Å²) in [6, 6.07) is 4.23. The molecule has 0 saturated carbocycles. The van der Waals surface area contributed by atoms with Gasteiger partial charge in [0.2, 0.25) is 5.82 Å². The lowest BCUT2D eigenvalue weighted by Crippen LogP contribution is -2.17. The zero-order valence-electron chi connectivity index (χ0n) is 9.93. The Hall–Kier alpha value is -2.19. The Morgan fingerprint density at radius 1 is 0.762 bits per heavy atom. The maximum Gasteiger partial charge on any atom is 0.451 e. The number of nitrogens with zero attached hydrogens (tertiary/aromatic N) is 2. The van der Waals surface area contributed by atoms with E-state index in [2.05, 4.69) is 9.97 Å². The molecule has 0 aliphatic rings. The standard InChI is InChI=1S/C12H5F7N2/c13-7-3-1-6(2-4-7)8-5-9(11(14,15)16)21-10(20-8)12(17,18)19/h1-5H. The van der Waals surface area contributed by atoms with E-state index >= 15 is 0 Å². The second-order valence-corrected chi connectivity index (χ2v) is 3.96. The Bertz CT molecular complexity index is 612. The molecular weight excluding hydrogens is 305 g/mol. The summed E-state index contributed by atoms with van der Waals surface area (Å²) in [6.45, 7) is 0. The van der Waals surface area contributed by atoms with E-state index in [1.165, 1.54) is 0 Å². The molecule has 0 spiro atoms. The third kappa shape index (κ3) is 3.47. The fourth-order valence-corrected chi connectivity index (χ4v) is 1.49. The molecule has 2 rings (SSSR count). The quantitative estimate of drug-likeness (QED) is 0.733. The molecule has 0 atom stereocenters. The van der Waals surface area contributed by atoms with Crippen molar-refractivity contribution in [2.75, 3.05) is 0 Å². The minimum atomic E-state index is -5.13. The average molecular weight is 310 g/mol. The van der Waals surface area contributed by atoms with E-state index in [0.29, 0.717) is 6.07 Å². The van der Waals surface area contributed by atoms with Gasteiger partial charge in [0.1, 0.15) is 11.5 Å². The first kappa shape index (κ1) is 15.2. The highest BCUT2D eigenvalue weighted by Gasteiger charge is 2.40. The van der Waals surface area contributed by atoms with Crippen LogP contribution in [0.1, 0.15) is 11.5 Å². The minimum absolute atomic E-state index is 0.0881. The van der Waals surface area contributed by atoms with Gasteiger partial charge in [-0.15, -0.1) is 0 Å². The molecule has 0 saturated heterocycles. The van der Waals surface area contributed by atoms with Crippen LogP contribution < -0.4 is 0 Å². The van der Waals surface area contributed by atoms with Crippen molar-refractivity contribution < 1.29 is 30.7 Å². The van der Waals surface area contributed by atoms with Gasteiger partial charge in [0.05, 0.1) is 5.69 Å². The van der Waals surface area contributed by atoms with Crippen molar-refractivity contribution in [1.82, 2.24) is 9.97 Å². The van der Waals surface area contributed by atoms with E-state index in [0.717, 1.165) is 24.3 Å². The second-order valence-electron chi connectivity index (χ2n) is 3.96. The summed E-state index contributed by atoms with van der Waals surface area (Å²) >= 11 is 0. The summed E-state index contributed by atoms with van der Waals surface area (Å²) in [4.78, 5) is 5.54. The molecule has 112 valence electrons. The lowest BCUT2D eigenvalue weighted by atomic mass is 10.1. The molecule has 0 fully saturated rings. The van der Waals surface area contributed by atoms with Crippen molar-refractivity contribution in [2.24, 2.45) is 0 Å². The van der Waals surface area contributed by atoms with Gasteiger partial charge < -0.3 is 0 Å². The van der Waals surface area contributed by atoms with Crippen LogP contribution in [-0.4, -0.2) is 9.97 Å². The van der Waals surface area contributed by atoms with E-state index in [9.17, 15) is 30.7 Å². The molecule has 2 nitrogen and oxygen atoms in total. The fraction of sp³-hybridized carbons (Fsp3) is 0.167. The first-order valence-corrected chi connectivity index (χ1v) is 5.37. The Kier molecular flexibility index (Phi) is 3.60. The van der Waals surface area contributed by atoms with Crippen molar-refractivity contribution in [3.63, 3.8) is 0 Å². The number of benzene rings is 1. The number of rotatable bonds is 1. The normalized spacial score (nSPS) is 12.5. The molecule has 0 aliphatic heterocycles. The largest absolute Gasteiger partial charge is 0.451 e. The highest BCUT2D eigenvalue weighted by atomic mass is 19.4. The predicted octanol–water partition coefficient (Wildman–Crippen LogP) is 4.32. The van der Waals surface area contributed by atoms with Gasteiger partial charge in [0, 0.05) is 5.56 Å². The smallest absolute Gasteiger partial charge is 0.224 e. The zero-order valence-corrected chi connectivity index (χ0v) is 9.93. The summed E-state index contributed by atoms with van der Waals surface area (Å²) in [7, 11) is 0. The monoisotopic (exact) mass is 310 g/mol. The number of halogens is 7. The molecule has 2 aromatic rings. The average Bonchev–Trinajstić information content (AvgIpc) is 2.37. The van der Waals surface area contributed by atoms with E-state index in [4.69, 9.17) is 0 Å². The first-order valence-electron chi connectivity index (χ1n) is 5.37. The lowest BCUT2D eigenvalue weighted by Gasteiger charge is -2.12. The van der Waals surface area contributed by atoms with E-state index in [1.807, 2.05) is 0 Å². The van der Waals surface area contributed by atoms with Crippen LogP contribution >= 0.6 is 0 Å². The first-order chi connectivity index (χ1) is 9.57. The van der Waals surface area contributed by atoms with Gasteiger partial charge >= 0.3 is 12.4 Å². The summed E-state index contributed by atoms with van der Waals surface area (Å²) in [5.74, 6) is -2.59. The molecule has 0 radical (unpaired) electrons. The van der Waals surface area contributed by atoms with E-state index in [1.54, 1.807) is 0 Å². The molecule has 0 amide bonds. The van der Waals surface area contributed by atoms with Crippen LogP contribution in [0.25, 0.3) is 11.3 Å². The third-order valence-electron chi connectivity index (χ3n) is 2.41. The molecule has 0 bridgehead atoms. The van der Waals surface area contributed by atoms with Crippen molar-refractivity contribution in [3.05, 3.63) is 47.7 Å². The Labute approximate surface area is 113 Å². The van der Waals surface area contributed by atoms with Gasteiger partial charge in [-0.3, -0.25) is 0 Å². The highest BCUT2D eigenvalue weighted by Crippen LogP contribution is 2.34. The lowest BCUT2D eigenvalue weighted by molar-refractivity contribution is -0.152. The van der Waals surface area contributed by atoms with Crippen LogP contribution in [0.5, 0.6) is 0 Å². The summed E-state index contributed by atoms with van der Waals surface area (Å²) in [5, 5.41) is 0. The molecule has 0 unspecified atom stereocenters. The molecule has 21 heavy (non-hydrogen) atoms. The van der Waals surface area contributed by atoms with Gasteiger partial charge in [-0.05, 0) is 30.3 Å². The van der Waals surface area contributed by atoms with Gasteiger partial charge in [0.25, 0.3) is 0 Å². The third-order valence-corrected chi connectivity index (χ3v) is 2.41. The maximum absolute atomic E-state index is 12.7. The van der Waals surface area contributed by atoms with Crippen molar-refractivity contribution in [1.29, 1.82) is 0 Å². The number of alkyl halides is 6. The Morgan fingerprint density at radius 2 is 1.33 bits per heavy atom. The highest BCUT2D eigenvalue weighted by molar-refractivity contribution is 5.59. The molecular formula is C12H5F7N2. The van der Waals surface area contributed by atoms with Gasteiger partial charge in [-0.2, -0.15) is 26.3 Å². The van der Waals surface area contributed by atoms with Gasteiger partial charge in [-0.25, -0.2) is 14.4 Å². The van der Waals surface area contributed by atoms with Crippen molar-refractivity contribution in [3.8, 4) is 11.3 Å². The Morgan fingerprint density at radius 3 is 1.81 bits per heavy atom. The Balaban J connectivity index is 2.63. The predicted molar refractivity (Wildman–Crippen MR) is 57.4 cm³/mol. The topological polar surface area (TPSA) is 25.8 Å². The van der Waals surface area contributed by atoms with E-state index in [-0.39, 0.29) is 5.56 Å². The van der Waals surface area contributed by atoms with Crippen LogP contribution in [0.15, 0.2) is 30.3 Å². The van der Waals surface area contributed by atoms with Crippen LogP contribution in [0, 0.1) is 5.82 Å². The van der Waals surface area contributed by atoms with Crippen LogP contribution in [0.4, 0.5) is 30.7 Å². The van der Waals surface area contributed by atoms with Crippen LogP contribution in [0.3, 0.4) is 0 Å². The molecule has 9 heteroatoms. The SMILES string of the molecule is Fc1ccc(-c2cc(C(F)(F)F)nc(C(F)(F)F)n2)cc1. The van der Waals surface area contributed by atoms with Gasteiger partial charge in [0.15, 0.2) is 0 Å². The molecule has 0 N–H and O–H groups in total. The van der Waals surface area contributed by atoms with Crippen molar-refractivity contribution >= 4 is 0 Å². The van der Waals surface area contributed by atoms with Crippen LogP contribution in [0.2, 0.25) is 0 Å². The van der Waals surface area contributed by atoms with Gasteiger partial charge in [-0.1, -0.05) is 0 Å². The summed E-state index contributed by atoms with van der Waals surface area (Å²) < 4.78 is 88.2. The molecule has 1 aromatic carbocycles. The molecule has 1 aromatic heterocycles.